The van der Waals surface area contributed by atoms with E-state index >= 15 is 0 Å². The van der Waals surface area contributed by atoms with Gasteiger partial charge < -0.3 is 40.5 Å². The van der Waals surface area contributed by atoms with Crippen LogP contribution in [0.15, 0.2) is 106 Å². The second-order valence-corrected chi connectivity index (χ2v) is 18.6. The van der Waals surface area contributed by atoms with Crippen LogP contribution < -0.4 is 31.1 Å². The molecule has 23 nitrogen and oxygen atoms in total. The highest BCUT2D eigenvalue weighted by atomic mass is 32.2. The van der Waals surface area contributed by atoms with Crippen molar-refractivity contribution in [1.29, 1.82) is 0 Å². The molecule has 0 saturated carbocycles. The van der Waals surface area contributed by atoms with Gasteiger partial charge >= 0.3 is 0 Å². The van der Waals surface area contributed by atoms with E-state index in [1.54, 1.807) is 48.5 Å². The molecule has 0 radical (unpaired) electrons. The van der Waals surface area contributed by atoms with Crippen molar-refractivity contribution >= 4 is 101 Å². The molecule has 0 atom stereocenters. The predicted octanol–water partition coefficient (Wildman–Crippen LogP) is 4.61. The Morgan fingerprint density at radius 2 is 0.985 bits per heavy atom. The van der Waals surface area contributed by atoms with E-state index in [2.05, 4.69) is 51.2 Å². The summed E-state index contributed by atoms with van der Waals surface area (Å²) in [4.78, 5) is 29.5. The molecule has 344 valence electrons. The molecule has 2 aliphatic rings. The van der Waals surface area contributed by atoms with Crippen molar-refractivity contribution in [1.82, 2.24) is 29.9 Å². The summed E-state index contributed by atoms with van der Waals surface area (Å²) in [6.07, 6.45) is 3.16. The van der Waals surface area contributed by atoms with Gasteiger partial charge in [-0.05, 0) is 65.7 Å². The summed E-state index contributed by atoms with van der Waals surface area (Å²) >= 11 is 0. The Hall–Kier alpha value is -6.91. The van der Waals surface area contributed by atoms with Gasteiger partial charge in [0.1, 0.15) is 9.79 Å². The van der Waals surface area contributed by atoms with Crippen molar-refractivity contribution in [2.24, 2.45) is 0 Å². The molecule has 4 aromatic carbocycles. The maximum Gasteiger partial charge on any atom is 0.296 e. The first-order chi connectivity index (χ1) is 31.5. The Kier molecular flexibility index (Phi) is 13.3. The summed E-state index contributed by atoms with van der Waals surface area (Å²) in [5.74, 6) is 0.671. The molecule has 2 aliphatic heterocycles. The van der Waals surface area contributed by atoms with Gasteiger partial charge in [0.2, 0.25) is 35.7 Å². The van der Waals surface area contributed by atoms with Gasteiger partial charge in [-0.15, -0.1) is 0 Å². The van der Waals surface area contributed by atoms with Gasteiger partial charge in [-0.1, -0.05) is 48.6 Å². The molecule has 0 aliphatic carbocycles. The fourth-order valence-electron chi connectivity index (χ4n) is 6.64. The average molecular weight is 961 g/mol. The fourth-order valence-corrected chi connectivity index (χ4v) is 8.52. The lowest BCUT2D eigenvalue weighted by Crippen LogP contribution is -2.37. The lowest BCUT2D eigenvalue weighted by atomic mass is 10.1. The second kappa shape index (κ2) is 19.3. The monoisotopic (exact) mass is 960 g/mol. The van der Waals surface area contributed by atoms with Gasteiger partial charge in [0.05, 0.1) is 37.0 Å². The number of nitrogens with zero attached hydrogens (tertiary/aromatic N) is 8. The topological polar surface area (TPSA) is 314 Å². The third kappa shape index (κ3) is 11.7. The molecule has 8 rings (SSSR count). The number of para-hydroxylation sites is 1. The van der Waals surface area contributed by atoms with E-state index in [0.717, 1.165) is 0 Å². The van der Waals surface area contributed by atoms with E-state index < -0.39 is 35.2 Å². The lowest BCUT2D eigenvalue weighted by molar-refractivity contribution is 0.122. The first-order valence-corrected chi connectivity index (χ1v) is 24.1. The number of aromatic nitrogens is 6. The molecule has 0 amide bonds. The fraction of sp³-hybridized carbons (Fsp3) is 0.200. The van der Waals surface area contributed by atoms with E-state index in [4.69, 9.17) is 9.47 Å². The van der Waals surface area contributed by atoms with Crippen molar-refractivity contribution < 1.29 is 48.4 Å². The van der Waals surface area contributed by atoms with Crippen LogP contribution in [0, 0.1) is 0 Å². The molecule has 7 N–H and O–H groups in total. The maximum atomic E-state index is 12.7. The third-order valence-electron chi connectivity index (χ3n) is 9.80. The molecule has 2 aromatic heterocycles. The average Bonchev–Trinajstić information content (AvgIpc) is 3.29. The number of hydrogen-bond acceptors (Lipinski definition) is 20. The number of nitrogens with one attached hydrogen (secondary N) is 4. The standard InChI is InChI=1S/C40H40N12O11S3/c53-64(54,55)31-5-3-4-29(24-31)42-36-45-37(49-39(48-36)51-16-20-62-21-17-51)43-30-15-12-27(34(25-30)66(59,60)61)11-8-26-9-13-28(14-10-26)41-35-46-38(50-40(47-35)52-18-22-63-23-19-52)44-32-6-1-2-7-33(32)65(56,57)58/h1-15,24-25H,16-23H2,(H,53,54,55)(H,56,57,58)(H,59,60,61)(H2,41,44,46,47,50)(H2,42,43,45,48,49)/b11-8+. The zero-order valence-corrected chi connectivity index (χ0v) is 36.8. The first kappa shape index (κ1) is 45.7. The number of hydrogen-bond donors (Lipinski definition) is 7. The summed E-state index contributed by atoms with van der Waals surface area (Å²) < 4.78 is 113. The molecule has 66 heavy (non-hydrogen) atoms. The van der Waals surface area contributed by atoms with E-state index in [1.165, 1.54) is 54.6 Å². The van der Waals surface area contributed by atoms with Crippen molar-refractivity contribution in [3.05, 3.63) is 102 Å². The van der Waals surface area contributed by atoms with Gasteiger partial charge in [-0.3, -0.25) is 13.7 Å². The summed E-state index contributed by atoms with van der Waals surface area (Å²) in [6.45, 7) is 3.65. The van der Waals surface area contributed by atoms with E-state index in [9.17, 15) is 38.9 Å². The normalized spacial score (nSPS) is 14.8. The highest BCUT2D eigenvalue weighted by molar-refractivity contribution is 7.86. The number of benzene rings is 4. The first-order valence-electron chi connectivity index (χ1n) is 19.8. The Labute approximate surface area is 378 Å². The van der Waals surface area contributed by atoms with E-state index in [1.807, 2.05) is 9.80 Å². The SMILES string of the molecule is O=S(=O)(O)c1cccc(Nc2nc(Nc3ccc(/C=C/c4ccc(Nc5nc(Nc6ccccc6S(=O)(=O)O)nc(N6CCOCC6)n5)cc4)c(S(=O)(=O)O)c3)nc(N3CCOCC3)n2)c1. The van der Waals surface area contributed by atoms with Crippen LogP contribution in [0.3, 0.4) is 0 Å². The van der Waals surface area contributed by atoms with Gasteiger partial charge in [0, 0.05) is 43.2 Å². The Balaban J connectivity index is 1.01. The Morgan fingerprint density at radius 3 is 1.53 bits per heavy atom. The number of rotatable bonds is 15. The zero-order valence-electron chi connectivity index (χ0n) is 34.4. The molecular weight excluding hydrogens is 921 g/mol. The van der Waals surface area contributed by atoms with Crippen LogP contribution in [0.1, 0.15) is 11.1 Å². The summed E-state index contributed by atoms with van der Waals surface area (Å²) in [5, 5.41) is 11.9. The molecule has 2 saturated heterocycles. The molecule has 4 heterocycles. The lowest BCUT2D eigenvalue weighted by Gasteiger charge is -2.27. The zero-order chi connectivity index (χ0) is 46.5. The van der Waals surface area contributed by atoms with Crippen LogP contribution in [0.5, 0.6) is 0 Å². The summed E-state index contributed by atoms with van der Waals surface area (Å²) in [6, 6.07) is 22.3. The Bertz CT molecular complexity index is 3120. The van der Waals surface area contributed by atoms with Crippen molar-refractivity contribution in [3.63, 3.8) is 0 Å². The van der Waals surface area contributed by atoms with Crippen molar-refractivity contribution in [3.8, 4) is 0 Å². The molecule has 0 bridgehead atoms. The number of ether oxygens (including phenoxy) is 2. The minimum atomic E-state index is -4.76. The molecule has 26 heteroatoms. The van der Waals surface area contributed by atoms with Gasteiger partial charge in [0.15, 0.2) is 0 Å². The molecule has 0 spiro atoms. The predicted molar refractivity (Wildman–Crippen MR) is 243 cm³/mol. The molecular formula is C40H40N12O11S3. The van der Waals surface area contributed by atoms with Crippen LogP contribution in [0.2, 0.25) is 0 Å². The van der Waals surface area contributed by atoms with E-state index in [-0.39, 0.29) is 62.2 Å². The van der Waals surface area contributed by atoms with Crippen molar-refractivity contribution in [2.45, 2.75) is 14.7 Å². The summed E-state index contributed by atoms with van der Waals surface area (Å²) in [7, 11) is -13.8. The smallest absolute Gasteiger partial charge is 0.296 e. The van der Waals surface area contributed by atoms with Crippen LogP contribution >= 0.6 is 0 Å². The minimum Gasteiger partial charge on any atom is -0.378 e. The van der Waals surface area contributed by atoms with Crippen LogP contribution in [-0.2, 0) is 39.8 Å². The third-order valence-corrected chi connectivity index (χ3v) is 12.5. The van der Waals surface area contributed by atoms with Crippen LogP contribution in [-0.4, -0.2) is 121 Å². The van der Waals surface area contributed by atoms with Gasteiger partial charge in [-0.2, -0.15) is 55.2 Å². The van der Waals surface area contributed by atoms with Gasteiger partial charge in [-0.25, -0.2) is 0 Å². The quantitative estimate of drug-likeness (QED) is 0.0545. The second-order valence-electron chi connectivity index (χ2n) is 14.4. The number of morpholine rings is 2. The molecule has 6 aromatic rings. The van der Waals surface area contributed by atoms with Crippen molar-refractivity contribution in [2.75, 3.05) is 83.7 Å². The molecule has 0 unspecified atom stereocenters. The highest BCUT2D eigenvalue weighted by Gasteiger charge is 2.22. The highest BCUT2D eigenvalue weighted by Crippen LogP contribution is 2.29. The van der Waals surface area contributed by atoms with Crippen LogP contribution in [0.4, 0.5) is 58.4 Å². The largest absolute Gasteiger partial charge is 0.378 e. The Morgan fingerprint density at radius 1 is 0.485 bits per heavy atom. The number of anilines is 10. The van der Waals surface area contributed by atoms with E-state index in [0.29, 0.717) is 69.8 Å². The minimum absolute atomic E-state index is 0.00461. The van der Waals surface area contributed by atoms with Crippen LogP contribution in [0.25, 0.3) is 12.2 Å². The van der Waals surface area contributed by atoms with Gasteiger partial charge in [0.25, 0.3) is 30.4 Å². The maximum absolute atomic E-state index is 12.7. The summed E-state index contributed by atoms with van der Waals surface area (Å²) in [5.41, 5.74) is 1.88. The molecule has 2 fully saturated rings.